The number of anilines is 2. The molecule has 9 nitrogen and oxygen atoms in total. The molecule has 0 saturated carbocycles. The Kier molecular flexibility index (Phi) is 7.96. The largest absolute Gasteiger partial charge is 0.418 e. The number of aryl methyl sites for hydroxylation is 1. The lowest BCUT2D eigenvalue weighted by molar-refractivity contribution is -0.138. The topological polar surface area (TPSA) is 113 Å². The standard InChI is InChI=1S/C27H24F3N7O2/c1-16-4-5-20(34-26(39)23-12-19(14-33-36-23)27(28,29)30)13-21(16)17-6-8-31-22(10-17)18-7-9-32-24(11-18)35-25(38)15-37(2)3/h4-14H,15H2,1-3H3,(H,34,39)(H,32,35,38). The van der Waals surface area contributed by atoms with E-state index >= 15 is 0 Å². The average molecular weight is 536 g/mol. The van der Waals surface area contributed by atoms with Crippen LogP contribution >= 0.6 is 0 Å². The number of benzene rings is 1. The average Bonchev–Trinajstić information content (AvgIpc) is 2.89. The number of halogens is 3. The maximum Gasteiger partial charge on any atom is 0.418 e. The van der Waals surface area contributed by atoms with Crippen LogP contribution in [0.1, 0.15) is 21.6 Å². The van der Waals surface area contributed by atoms with Crippen LogP contribution in [-0.2, 0) is 11.0 Å². The van der Waals surface area contributed by atoms with Gasteiger partial charge in [0.2, 0.25) is 5.91 Å². The molecule has 0 atom stereocenters. The number of aromatic nitrogens is 4. The molecule has 0 aliphatic heterocycles. The van der Waals surface area contributed by atoms with Gasteiger partial charge in [0, 0.05) is 23.6 Å². The molecule has 1 aromatic carbocycles. The van der Waals surface area contributed by atoms with Gasteiger partial charge in [-0.3, -0.25) is 14.6 Å². The van der Waals surface area contributed by atoms with Crippen molar-refractivity contribution < 1.29 is 22.8 Å². The summed E-state index contributed by atoms with van der Waals surface area (Å²) in [7, 11) is 3.58. The van der Waals surface area contributed by atoms with Crippen molar-refractivity contribution in [1.29, 1.82) is 0 Å². The van der Waals surface area contributed by atoms with Gasteiger partial charge in [0.25, 0.3) is 5.91 Å². The van der Waals surface area contributed by atoms with Gasteiger partial charge in [-0.05, 0) is 80.2 Å². The number of carbonyl (C=O) groups excluding carboxylic acids is 2. The highest BCUT2D eigenvalue weighted by molar-refractivity contribution is 6.03. The molecule has 0 fully saturated rings. The van der Waals surface area contributed by atoms with E-state index in [0.29, 0.717) is 29.5 Å². The van der Waals surface area contributed by atoms with Gasteiger partial charge in [0.15, 0.2) is 5.69 Å². The molecule has 0 aliphatic rings. The molecule has 39 heavy (non-hydrogen) atoms. The highest BCUT2D eigenvalue weighted by Gasteiger charge is 2.32. The van der Waals surface area contributed by atoms with E-state index in [1.54, 1.807) is 67.8 Å². The first-order valence-electron chi connectivity index (χ1n) is 11.7. The van der Waals surface area contributed by atoms with E-state index in [9.17, 15) is 22.8 Å². The van der Waals surface area contributed by atoms with Crippen LogP contribution in [0.5, 0.6) is 0 Å². The van der Waals surface area contributed by atoms with Gasteiger partial charge in [-0.1, -0.05) is 6.07 Å². The molecule has 3 heterocycles. The highest BCUT2D eigenvalue weighted by Crippen LogP contribution is 2.31. The van der Waals surface area contributed by atoms with Crippen molar-refractivity contribution in [2.45, 2.75) is 13.1 Å². The first-order valence-corrected chi connectivity index (χ1v) is 11.7. The molecule has 3 aromatic heterocycles. The minimum absolute atomic E-state index is 0.197. The Labute approximate surface area is 222 Å². The third kappa shape index (κ3) is 6.99. The Morgan fingerprint density at radius 2 is 1.67 bits per heavy atom. The van der Waals surface area contributed by atoms with Crippen molar-refractivity contribution in [3.05, 3.63) is 83.9 Å². The molecular weight excluding hydrogens is 511 g/mol. The quantitative estimate of drug-likeness (QED) is 0.353. The molecule has 0 saturated heterocycles. The lowest BCUT2D eigenvalue weighted by Gasteiger charge is -2.12. The van der Waals surface area contributed by atoms with E-state index in [1.807, 2.05) is 13.0 Å². The van der Waals surface area contributed by atoms with Gasteiger partial charge >= 0.3 is 6.18 Å². The van der Waals surface area contributed by atoms with Crippen molar-refractivity contribution in [3.63, 3.8) is 0 Å². The van der Waals surface area contributed by atoms with Crippen LogP contribution in [0.25, 0.3) is 22.4 Å². The zero-order valence-corrected chi connectivity index (χ0v) is 21.2. The van der Waals surface area contributed by atoms with Gasteiger partial charge in [-0.15, -0.1) is 5.10 Å². The number of likely N-dealkylation sites (N-methyl/N-ethyl adjacent to an activating group) is 1. The van der Waals surface area contributed by atoms with Crippen molar-refractivity contribution >= 4 is 23.3 Å². The summed E-state index contributed by atoms with van der Waals surface area (Å²) in [5, 5.41) is 12.2. The molecule has 200 valence electrons. The zero-order chi connectivity index (χ0) is 28.2. The maximum absolute atomic E-state index is 13.0. The summed E-state index contributed by atoms with van der Waals surface area (Å²) in [6, 6.07) is 12.9. The van der Waals surface area contributed by atoms with E-state index in [1.165, 1.54) is 0 Å². The summed E-state index contributed by atoms with van der Waals surface area (Å²) in [6.45, 7) is 2.11. The van der Waals surface area contributed by atoms with Crippen molar-refractivity contribution in [3.8, 4) is 22.4 Å². The lowest BCUT2D eigenvalue weighted by Crippen LogP contribution is -2.27. The first-order chi connectivity index (χ1) is 18.5. The fraction of sp³-hybridized carbons (Fsp3) is 0.185. The molecule has 4 rings (SSSR count). The predicted octanol–water partition coefficient (Wildman–Crippen LogP) is 4.68. The minimum atomic E-state index is -4.64. The van der Waals surface area contributed by atoms with Crippen LogP contribution in [0.15, 0.2) is 67.1 Å². The maximum atomic E-state index is 13.0. The summed E-state index contributed by atoms with van der Waals surface area (Å²) in [5.41, 5.74) is 2.69. The Morgan fingerprint density at radius 1 is 0.923 bits per heavy atom. The Hall–Kier alpha value is -4.71. The second-order valence-electron chi connectivity index (χ2n) is 8.96. The third-order valence-corrected chi connectivity index (χ3v) is 5.56. The Balaban J connectivity index is 1.58. The molecule has 2 amide bonds. The highest BCUT2D eigenvalue weighted by atomic mass is 19.4. The van der Waals surface area contributed by atoms with Crippen molar-refractivity contribution in [2.75, 3.05) is 31.3 Å². The van der Waals surface area contributed by atoms with Crippen LogP contribution in [0, 0.1) is 6.92 Å². The van der Waals surface area contributed by atoms with Crippen LogP contribution in [0.3, 0.4) is 0 Å². The molecule has 0 radical (unpaired) electrons. The number of rotatable bonds is 7. The molecule has 0 spiro atoms. The second kappa shape index (κ2) is 11.4. The molecular formula is C27H24F3N7O2. The molecule has 0 bridgehead atoms. The van der Waals surface area contributed by atoms with E-state index in [4.69, 9.17) is 0 Å². The number of alkyl halides is 3. The zero-order valence-electron chi connectivity index (χ0n) is 21.2. The fourth-order valence-corrected chi connectivity index (χ4v) is 3.72. The minimum Gasteiger partial charge on any atom is -0.321 e. The molecule has 2 N–H and O–H groups in total. The number of carbonyl (C=O) groups is 2. The number of nitrogens with zero attached hydrogens (tertiary/aromatic N) is 5. The van der Waals surface area contributed by atoms with Crippen LogP contribution in [-0.4, -0.2) is 57.5 Å². The number of hydrogen-bond acceptors (Lipinski definition) is 7. The van der Waals surface area contributed by atoms with Gasteiger partial charge in [0.1, 0.15) is 5.82 Å². The Morgan fingerprint density at radius 3 is 2.41 bits per heavy atom. The van der Waals surface area contributed by atoms with Crippen LogP contribution in [0.4, 0.5) is 24.7 Å². The number of amides is 2. The van der Waals surface area contributed by atoms with E-state index < -0.39 is 23.3 Å². The summed E-state index contributed by atoms with van der Waals surface area (Å²) in [5.74, 6) is -0.624. The number of hydrogen-bond donors (Lipinski definition) is 2. The fourth-order valence-electron chi connectivity index (χ4n) is 3.72. The third-order valence-electron chi connectivity index (χ3n) is 5.56. The Bertz CT molecular complexity index is 1520. The van der Waals surface area contributed by atoms with E-state index in [2.05, 4.69) is 30.8 Å². The van der Waals surface area contributed by atoms with Gasteiger partial charge < -0.3 is 15.5 Å². The summed E-state index contributed by atoms with van der Waals surface area (Å²) >= 11 is 0. The summed E-state index contributed by atoms with van der Waals surface area (Å²) in [6.07, 6.45) is -0.870. The smallest absolute Gasteiger partial charge is 0.321 e. The van der Waals surface area contributed by atoms with Gasteiger partial charge in [-0.25, -0.2) is 4.98 Å². The summed E-state index contributed by atoms with van der Waals surface area (Å²) in [4.78, 5) is 35.1. The molecule has 4 aromatic rings. The SMILES string of the molecule is Cc1ccc(NC(=O)c2cc(C(F)(F)F)cnn2)cc1-c1ccnc(-c2ccnc(NC(=O)CN(C)C)c2)c1. The number of pyridine rings is 2. The van der Waals surface area contributed by atoms with Crippen molar-refractivity contribution in [1.82, 2.24) is 25.1 Å². The second-order valence-corrected chi connectivity index (χ2v) is 8.96. The first kappa shape index (κ1) is 27.3. The van der Waals surface area contributed by atoms with Gasteiger partial charge in [0.05, 0.1) is 24.0 Å². The predicted molar refractivity (Wildman–Crippen MR) is 140 cm³/mol. The molecule has 0 aliphatic carbocycles. The molecule has 0 unspecified atom stereocenters. The monoisotopic (exact) mass is 535 g/mol. The van der Waals surface area contributed by atoms with Crippen molar-refractivity contribution in [2.24, 2.45) is 0 Å². The lowest BCUT2D eigenvalue weighted by atomic mass is 9.99. The van der Waals surface area contributed by atoms with Crippen LogP contribution < -0.4 is 10.6 Å². The normalized spacial score (nSPS) is 11.4. The van der Waals surface area contributed by atoms with Crippen LogP contribution in [0.2, 0.25) is 0 Å². The number of nitrogens with one attached hydrogen (secondary N) is 2. The van der Waals surface area contributed by atoms with E-state index in [0.717, 1.165) is 22.3 Å². The molecule has 12 heteroatoms. The van der Waals surface area contributed by atoms with Gasteiger partial charge in [-0.2, -0.15) is 18.3 Å². The summed E-state index contributed by atoms with van der Waals surface area (Å²) < 4.78 is 39.0. The van der Waals surface area contributed by atoms with E-state index in [-0.39, 0.29) is 12.5 Å².